The number of benzene rings is 1. The zero-order chi connectivity index (χ0) is 30.7. The highest BCUT2D eigenvalue weighted by Gasteiger charge is 2.25. The number of aliphatic imine (C=N–C) groups is 1. The summed E-state index contributed by atoms with van der Waals surface area (Å²) < 4.78 is 28.9. The second-order valence-electron chi connectivity index (χ2n) is 9.00. The molecule has 9 nitrogen and oxygen atoms in total. The van der Waals surface area contributed by atoms with Crippen molar-refractivity contribution >= 4 is 29.5 Å². The molecular weight excluding hydrogens is 558 g/mol. The van der Waals surface area contributed by atoms with Gasteiger partial charge in [-0.25, -0.2) is 8.78 Å². The number of aldehydes is 1. The maximum atomic E-state index is 15.3. The van der Waals surface area contributed by atoms with E-state index < -0.39 is 29.2 Å². The minimum Gasteiger partial charge on any atom is -0.355 e. The molecule has 0 aliphatic heterocycles. The number of carbonyl (C=O) groups is 2. The molecule has 1 amide bonds. The van der Waals surface area contributed by atoms with E-state index in [0.717, 1.165) is 12.3 Å². The molecule has 0 aliphatic rings. The third-order valence-corrected chi connectivity index (χ3v) is 6.06. The number of aliphatic hydroxyl groups is 3. The van der Waals surface area contributed by atoms with Crippen LogP contribution in [-0.2, 0) is 11.2 Å². The van der Waals surface area contributed by atoms with Crippen molar-refractivity contribution in [2.75, 3.05) is 7.05 Å². The lowest BCUT2D eigenvalue weighted by molar-refractivity contribution is -0.323. The number of carbonyl (C=O) groups excluding carboxylic acids is 2. The summed E-state index contributed by atoms with van der Waals surface area (Å²) in [4.78, 5) is 33.5. The molecule has 0 saturated heterocycles. The molecule has 0 fully saturated rings. The van der Waals surface area contributed by atoms with Crippen LogP contribution in [0, 0.1) is 17.6 Å². The third kappa shape index (κ3) is 10.1. The number of rotatable bonds is 12. The Bertz CT molecular complexity index is 1410. The summed E-state index contributed by atoms with van der Waals surface area (Å²) in [7, 11) is 1.70. The minimum absolute atomic E-state index is 0.0104. The second kappa shape index (κ2) is 15.1. The van der Waals surface area contributed by atoms with Gasteiger partial charge >= 0.3 is 6.10 Å². The van der Waals surface area contributed by atoms with Crippen LogP contribution < -0.4 is 5.32 Å². The molecule has 1 atom stereocenters. The third-order valence-electron chi connectivity index (χ3n) is 5.75. The highest BCUT2D eigenvalue weighted by molar-refractivity contribution is 6.39. The first-order valence-corrected chi connectivity index (χ1v) is 12.7. The van der Waals surface area contributed by atoms with Crippen LogP contribution in [0.4, 0.5) is 8.78 Å². The van der Waals surface area contributed by atoms with Crippen LogP contribution in [-0.4, -0.2) is 56.3 Å². The molecular formula is C29H31ClF2N4O5. The summed E-state index contributed by atoms with van der Waals surface area (Å²) in [6, 6.07) is 5.20. The molecule has 0 radical (unpaired) electrons. The van der Waals surface area contributed by atoms with Crippen molar-refractivity contribution in [3.63, 3.8) is 0 Å². The van der Waals surface area contributed by atoms with Gasteiger partial charge in [0.25, 0.3) is 5.91 Å². The first kappa shape index (κ1) is 33.2. The Balaban J connectivity index is 2.39. The molecule has 1 aromatic carbocycles. The Morgan fingerprint density at radius 2 is 1.93 bits per heavy atom. The molecule has 41 heavy (non-hydrogen) atoms. The smallest absolute Gasteiger partial charge is 0.355 e. The topological polar surface area (TPSA) is 135 Å². The van der Waals surface area contributed by atoms with Crippen molar-refractivity contribution in [3.05, 3.63) is 112 Å². The number of nitrogens with zero attached hydrogens (tertiary/aromatic N) is 3. The summed E-state index contributed by atoms with van der Waals surface area (Å²) >= 11 is 6.23. The van der Waals surface area contributed by atoms with Crippen molar-refractivity contribution in [3.8, 4) is 0 Å². The Labute approximate surface area is 241 Å². The van der Waals surface area contributed by atoms with E-state index in [9.17, 15) is 14.0 Å². The molecule has 1 heterocycles. The van der Waals surface area contributed by atoms with E-state index in [0.29, 0.717) is 29.5 Å². The lowest BCUT2D eigenvalue weighted by atomic mass is 9.93. The van der Waals surface area contributed by atoms with Gasteiger partial charge in [-0.1, -0.05) is 30.7 Å². The number of hydrogen-bond acceptors (Lipinski definition) is 8. The fourth-order valence-electron chi connectivity index (χ4n) is 3.65. The summed E-state index contributed by atoms with van der Waals surface area (Å²) in [6.07, 6.45) is 7.81. The van der Waals surface area contributed by atoms with Crippen LogP contribution in [0.2, 0.25) is 0 Å². The van der Waals surface area contributed by atoms with Crippen LogP contribution >= 0.6 is 11.6 Å². The Morgan fingerprint density at radius 1 is 1.24 bits per heavy atom. The van der Waals surface area contributed by atoms with Crippen molar-refractivity contribution in [2.45, 2.75) is 33.3 Å². The molecule has 4 N–H and O–H groups in total. The van der Waals surface area contributed by atoms with E-state index in [1.54, 1.807) is 44.1 Å². The molecule has 0 spiro atoms. The first-order chi connectivity index (χ1) is 19.3. The highest BCUT2D eigenvalue weighted by atomic mass is 35.5. The maximum Gasteiger partial charge on any atom is 0.369 e. The van der Waals surface area contributed by atoms with Gasteiger partial charge in [-0.2, -0.15) is 0 Å². The molecule has 2 aromatic rings. The van der Waals surface area contributed by atoms with Crippen LogP contribution in [0.25, 0.3) is 0 Å². The lowest BCUT2D eigenvalue weighted by Crippen LogP contribution is -2.48. The minimum atomic E-state index is -3.53. The van der Waals surface area contributed by atoms with Gasteiger partial charge in [0.15, 0.2) is 6.29 Å². The number of pyridine rings is 1. The predicted molar refractivity (Wildman–Crippen MR) is 151 cm³/mol. The fourth-order valence-corrected chi connectivity index (χ4v) is 3.90. The molecule has 218 valence electrons. The Hall–Kier alpha value is -4.03. The largest absolute Gasteiger partial charge is 0.369 e. The zero-order valence-electron chi connectivity index (χ0n) is 22.8. The van der Waals surface area contributed by atoms with E-state index in [1.165, 1.54) is 42.0 Å². The van der Waals surface area contributed by atoms with Crippen LogP contribution in [0.5, 0.6) is 0 Å². The lowest BCUT2D eigenvalue weighted by Gasteiger charge is -2.19. The SMILES string of the molecule is C/C=C/N=C(/C=C/N(C)/C(C)=C\C(=C(\Cl)C=O)C(C)Cc1cncc(F)c1)c1cccc(C(=O)NC(O)(O)O)c1F. The molecule has 1 aromatic heterocycles. The van der Waals surface area contributed by atoms with Crippen LogP contribution in [0.3, 0.4) is 0 Å². The zero-order valence-corrected chi connectivity index (χ0v) is 23.6. The standard InChI is InChI=1S/C29H31ClF2N4O5/c1-5-10-34-26(22-7-6-8-23(27(22)32)28(38)35-29(39,40)41)9-11-36(4)19(3)13-24(25(30)17-37)18(2)12-20-14-21(31)16-33-15-20/h5-11,13-18,39-41H,12H2,1-4H3,(H,35,38)/b10-5+,11-9+,19-13-,25-24-,34-26-. The summed E-state index contributed by atoms with van der Waals surface area (Å²) in [6.45, 7) is 5.31. The van der Waals surface area contributed by atoms with E-state index in [4.69, 9.17) is 26.9 Å². The molecule has 0 saturated carbocycles. The van der Waals surface area contributed by atoms with Gasteiger partial charge in [0.2, 0.25) is 0 Å². The van der Waals surface area contributed by atoms with Gasteiger partial charge in [0.05, 0.1) is 22.5 Å². The van der Waals surface area contributed by atoms with Crippen molar-refractivity contribution < 1.29 is 33.7 Å². The first-order valence-electron chi connectivity index (χ1n) is 12.3. The van der Waals surface area contributed by atoms with Gasteiger partial charge in [0, 0.05) is 36.9 Å². The second-order valence-corrected chi connectivity index (χ2v) is 9.41. The molecule has 12 heteroatoms. The average molecular weight is 589 g/mol. The predicted octanol–water partition coefficient (Wildman–Crippen LogP) is 3.92. The monoisotopic (exact) mass is 588 g/mol. The number of aromatic nitrogens is 1. The number of nitrogens with one attached hydrogen (secondary N) is 1. The van der Waals surface area contributed by atoms with Crippen molar-refractivity contribution in [1.29, 1.82) is 0 Å². The number of allylic oxidation sites excluding steroid dienone is 6. The quantitative estimate of drug-likeness (QED) is 0.0970. The van der Waals surface area contributed by atoms with Crippen LogP contribution in [0.1, 0.15) is 42.3 Å². The Kier molecular flexibility index (Phi) is 12.2. The van der Waals surface area contributed by atoms with Crippen molar-refractivity contribution in [2.24, 2.45) is 10.9 Å². The van der Waals surface area contributed by atoms with E-state index in [-0.39, 0.29) is 22.2 Å². The van der Waals surface area contributed by atoms with Crippen molar-refractivity contribution in [1.82, 2.24) is 15.2 Å². The van der Waals surface area contributed by atoms with E-state index in [1.807, 2.05) is 6.92 Å². The van der Waals surface area contributed by atoms with Crippen LogP contribution in [0.15, 0.2) is 88.6 Å². The maximum absolute atomic E-state index is 15.3. The number of halogens is 3. The van der Waals surface area contributed by atoms with Gasteiger partial charge in [0.1, 0.15) is 11.6 Å². The van der Waals surface area contributed by atoms with E-state index in [2.05, 4.69) is 9.98 Å². The molecule has 0 bridgehead atoms. The number of hydrogen-bond donors (Lipinski definition) is 4. The van der Waals surface area contributed by atoms with Gasteiger partial charge < -0.3 is 20.2 Å². The van der Waals surface area contributed by atoms with Gasteiger partial charge in [-0.15, -0.1) is 0 Å². The summed E-state index contributed by atoms with van der Waals surface area (Å²) in [5, 5.41) is 28.5. The normalized spacial score (nSPS) is 14.3. The van der Waals surface area contributed by atoms with Gasteiger partial charge in [-0.3, -0.25) is 24.9 Å². The number of amides is 1. The van der Waals surface area contributed by atoms with E-state index >= 15 is 4.39 Å². The summed E-state index contributed by atoms with van der Waals surface area (Å²) in [5.41, 5.74) is 1.27. The Morgan fingerprint density at radius 3 is 2.54 bits per heavy atom. The van der Waals surface area contributed by atoms with Gasteiger partial charge in [-0.05, 0) is 67.7 Å². The summed E-state index contributed by atoms with van der Waals surface area (Å²) in [5.74, 6) is -3.02. The average Bonchev–Trinajstić information content (AvgIpc) is 2.90. The fraction of sp³-hybridized carbons (Fsp3) is 0.241. The molecule has 2 rings (SSSR count). The molecule has 0 aliphatic carbocycles. The highest BCUT2D eigenvalue weighted by Crippen LogP contribution is 2.25. The molecule has 1 unspecified atom stereocenters.